The number of imidazole rings is 1. The zero-order valence-corrected chi connectivity index (χ0v) is 25.2. The summed E-state index contributed by atoms with van der Waals surface area (Å²) < 4.78 is 20.5. The van der Waals surface area contributed by atoms with Crippen molar-refractivity contribution in [3.05, 3.63) is 84.6 Å². The summed E-state index contributed by atoms with van der Waals surface area (Å²) >= 11 is 0. The van der Waals surface area contributed by atoms with E-state index in [-0.39, 0.29) is 31.2 Å². The molecule has 0 aliphatic carbocycles. The number of halogens is 1. The van der Waals surface area contributed by atoms with E-state index in [0.717, 1.165) is 5.69 Å². The summed E-state index contributed by atoms with van der Waals surface area (Å²) in [5, 5.41) is 24.1. The van der Waals surface area contributed by atoms with E-state index in [1.165, 1.54) is 18.2 Å². The average Bonchev–Trinajstić information content (AvgIpc) is 3.38. The minimum absolute atomic E-state index is 0.0251. The van der Waals surface area contributed by atoms with Crippen LogP contribution in [0.1, 0.15) is 59.2 Å². The summed E-state index contributed by atoms with van der Waals surface area (Å²) in [5.41, 5.74) is 3.27. The second kappa shape index (κ2) is 16.3. The smallest absolute Gasteiger partial charge is 0.308 e. The number of anilines is 2. The molecule has 0 amide bonds. The summed E-state index contributed by atoms with van der Waals surface area (Å²) in [6.45, 7) is 9.90. The lowest BCUT2D eigenvalue weighted by Crippen LogP contribution is -2.20. The van der Waals surface area contributed by atoms with Crippen molar-refractivity contribution in [2.24, 2.45) is 0 Å². The number of nitrogens with one attached hydrogen (secondary N) is 1. The molecule has 4 aromatic rings. The van der Waals surface area contributed by atoms with Crippen molar-refractivity contribution in [1.82, 2.24) is 19.5 Å². The van der Waals surface area contributed by atoms with Gasteiger partial charge < -0.3 is 24.8 Å². The Morgan fingerprint density at radius 2 is 1.74 bits per heavy atom. The van der Waals surface area contributed by atoms with Crippen LogP contribution in [-0.4, -0.2) is 54.5 Å². The fourth-order valence-corrected chi connectivity index (χ4v) is 4.30. The standard InChI is InChI=1S/C31H34FN5O4.C2H6/c1-4-41-27(40)19-25(39)18-24(38)15-17-37-29(26-14-16-33-31(35-26)34-23-8-6-5-7-9-23)28(36-30(37)20(2)3)21-10-12-22(32)13-11-21;1-2/h5-17,20,24-25,38-39H,4,18-19H2,1-3H3,(H,33,34,35);1-2H3/b17-15+;. The van der Waals surface area contributed by atoms with E-state index in [2.05, 4.69) is 10.3 Å². The molecule has 3 N–H and O–H groups in total. The zero-order chi connectivity index (χ0) is 31.4. The summed E-state index contributed by atoms with van der Waals surface area (Å²) in [7, 11) is 0. The van der Waals surface area contributed by atoms with Crippen LogP contribution < -0.4 is 5.32 Å². The van der Waals surface area contributed by atoms with E-state index in [9.17, 15) is 19.4 Å². The molecule has 0 aliphatic rings. The number of esters is 1. The third-order valence-electron chi connectivity index (χ3n) is 6.18. The number of aliphatic hydroxyl groups is 2. The topological polar surface area (TPSA) is 122 Å². The van der Waals surface area contributed by atoms with Gasteiger partial charge in [0.05, 0.1) is 42.3 Å². The highest BCUT2D eigenvalue weighted by Crippen LogP contribution is 2.35. The number of carbonyl (C=O) groups excluding carboxylic acids is 1. The van der Waals surface area contributed by atoms with Gasteiger partial charge in [-0.2, -0.15) is 0 Å². The number of carbonyl (C=O) groups is 1. The van der Waals surface area contributed by atoms with E-state index >= 15 is 0 Å². The monoisotopic (exact) mass is 589 g/mol. The fraction of sp³-hybridized carbons (Fsp3) is 0.333. The number of hydrogen-bond acceptors (Lipinski definition) is 8. The maximum Gasteiger partial charge on any atom is 0.308 e. The quantitative estimate of drug-likeness (QED) is 0.159. The molecule has 0 spiro atoms. The van der Waals surface area contributed by atoms with Crippen molar-refractivity contribution in [1.29, 1.82) is 0 Å². The van der Waals surface area contributed by atoms with Gasteiger partial charge in [-0.15, -0.1) is 0 Å². The van der Waals surface area contributed by atoms with Crippen LogP contribution in [-0.2, 0) is 9.53 Å². The van der Waals surface area contributed by atoms with Crippen LogP contribution in [0.4, 0.5) is 16.0 Å². The van der Waals surface area contributed by atoms with Gasteiger partial charge in [0.2, 0.25) is 5.95 Å². The largest absolute Gasteiger partial charge is 0.466 e. The second-order valence-corrected chi connectivity index (χ2v) is 9.76. The lowest BCUT2D eigenvalue weighted by atomic mass is 10.1. The molecule has 2 heterocycles. The van der Waals surface area contributed by atoms with Gasteiger partial charge in [0.1, 0.15) is 11.6 Å². The van der Waals surface area contributed by atoms with Crippen molar-refractivity contribution in [3.63, 3.8) is 0 Å². The van der Waals surface area contributed by atoms with Crippen LogP contribution in [0.2, 0.25) is 0 Å². The van der Waals surface area contributed by atoms with Crippen molar-refractivity contribution in [2.75, 3.05) is 11.9 Å². The van der Waals surface area contributed by atoms with E-state index in [4.69, 9.17) is 14.7 Å². The van der Waals surface area contributed by atoms with Crippen molar-refractivity contribution < 1.29 is 24.1 Å². The van der Waals surface area contributed by atoms with Crippen LogP contribution in [0.5, 0.6) is 0 Å². The molecule has 2 atom stereocenters. The summed E-state index contributed by atoms with van der Waals surface area (Å²) in [6.07, 6.45) is 2.47. The Balaban J connectivity index is 0.00000248. The van der Waals surface area contributed by atoms with Crippen LogP contribution in [0.3, 0.4) is 0 Å². The number of aromatic nitrogens is 4. The van der Waals surface area contributed by atoms with Crippen LogP contribution in [0.25, 0.3) is 28.8 Å². The summed E-state index contributed by atoms with van der Waals surface area (Å²) in [4.78, 5) is 25.7. The highest BCUT2D eigenvalue weighted by atomic mass is 19.1. The predicted octanol–water partition coefficient (Wildman–Crippen LogP) is 6.58. The summed E-state index contributed by atoms with van der Waals surface area (Å²) in [6, 6.07) is 17.4. The fourth-order valence-electron chi connectivity index (χ4n) is 4.30. The molecule has 9 nitrogen and oxygen atoms in total. The average molecular weight is 590 g/mol. The van der Waals surface area contributed by atoms with E-state index in [0.29, 0.717) is 34.4 Å². The normalized spacial score (nSPS) is 12.5. The SMILES string of the molecule is CC.CCOC(=O)CC(O)CC(O)/C=C/n1c(C(C)C)nc(-c2ccc(F)cc2)c1-c1ccnc(Nc2ccccc2)n1. The third-order valence-corrected chi connectivity index (χ3v) is 6.18. The molecule has 228 valence electrons. The Morgan fingerprint density at radius 3 is 2.40 bits per heavy atom. The van der Waals surface area contributed by atoms with Gasteiger partial charge in [-0.05, 0) is 55.5 Å². The number of aliphatic hydroxyl groups excluding tert-OH is 2. The summed E-state index contributed by atoms with van der Waals surface area (Å²) in [5.74, 6) is 0.153. The second-order valence-electron chi connectivity index (χ2n) is 9.76. The molecule has 2 unspecified atom stereocenters. The lowest BCUT2D eigenvalue weighted by molar-refractivity contribution is -0.145. The highest BCUT2D eigenvalue weighted by molar-refractivity contribution is 5.79. The molecule has 0 fully saturated rings. The van der Waals surface area contributed by atoms with Gasteiger partial charge in [0.25, 0.3) is 0 Å². The van der Waals surface area contributed by atoms with Crippen LogP contribution in [0.15, 0.2) is 72.9 Å². The molecule has 10 heteroatoms. The van der Waals surface area contributed by atoms with Crippen molar-refractivity contribution in [3.8, 4) is 22.6 Å². The maximum absolute atomic E-state index is 13.8. The molecular weight excluding hydrogens is 549 g/mol. The Bertz CT molecular complexity index is 1470. The molecule has 43 heavy (non-hydrogen) atoms. The molecule has 0 aliphatic heterocycles. The van der Waals surface area contributed by atoms with Gasteiger partial charge in [-0.1, -0.05) is 45.9 Å². The van der Waals surface area contributed by atoms with Gasteiger partial charge in [-0.25, -0.2) is 19.3 Å². The number of rotatable bonds is 12. The van der Waals surface area contributed by atoms with Crippen LogP contribution >= 0.6 is 0 Å². The first-order valence-electron chi connectivity index (χ1n) is 14.5. The number of hydrogen-bond donors (Lipinski definition) is 3. The Labute approximate surface area is 252 Å². The molecule has 0 bridgehead atoms. The van der Waals surface area contributed by atoms with Crippen LogP contribution in [0, 0.1) is 5.82 Å². The van der Waals surface area contributed by atoms with E-state index in [1.54, 1.807) is 37.5 Å². The van der Waals surface area contributed by atoms with Gasteiger partial charge in [0, 0.05) is 36.0 Å². The Kier molecular flexibility index (Phi) is 12.5. The van der Waals surface area contributed by atoms with Crippen molar-refractivity contribution >= 4 is 23.8 Å². The molecular formula is C33H40FN5O4. The van der Waals surface area contributed by atoms with Gasteiger partial charge >= 0.3 is 5.97 Å². The molecule has 0 saturated carbocycles. The predicted molar refractivity (Wildman–Crippen MR) is 167 cm³/mol. The minimum atomic E-state index is -1.07. The molecule has 0 radical (unpaired) electrons. The molecule has 2 aromatic heterocycles. The first-order valence-corrected chi connectivity index (χ1v) is 14.5. The third kappa shape index (κ3) is 9.29. The number of ether oxygens (including phenoxy) is 1. The minimum Gasteiger partial charge on any atom is -0.466 e. The Hall–Kier alpha value is -4.41. The van der Waals surface area contributed by atoms with E-state index in [1.807, 2.05) is 62.6 Å². The first-order chi connectivity index (χ1) is 20.7. The first kappa shape index (κ1) is 33.1. The molecule has 4 rings (SSSR count). The van der Waals surface area contributed by atoms with Gasteiger partial charge in [0.15, 0.2) is 0 Å². The number of nitrogens with zero attached hydrogens (tertiary/aromatic N) is 4. The lowest BCUT2D eigenvalue weighted by Gasteiger charge is -2.14. The Morgan fingerprint density at radius 1 is 1.05 bits per heavy atom. The maximum atomic E-state index is 13.8. The zero-order valence-electron chi connectivity index (χ0n) is 25.2. The number of para-hydroxylation sites is 1. The van der Waals surface area contributed by atoms with Gasteiger partial charge in [-0.3, -0.25) is 4.79 Å². The molecule has 0 saturated heterocycles. The number of benzene rings is 2. The van der Waals surface area contributed by atoms with Crippen molar-refractivity contribution in [2.45, 2.75) is 65.6 Å². The highest BCUT2D eigenvalue weighted by Gasteiger charge is 2.23. The molecule has 2 aromatic carbocycles. The van der Waals surface area contributed by atoms with E-state index < -0.39 is 18.2 Å².